The molecule has 2 heterocycles. The Balaban J connectivity index is 0.000000343. The molecule has 0 aliphatic carbocycles. The minimum atomic E-state index is -1.02. The van der Waals surface area contributed by atoms with Crippen LogP contribution in [0.2, 0.25) is 0 Å². The molecule has 1 unspecified atom stereocenters. The maximum Gasteiger partial charge on any atom is 0.373 e. The number of hydrogen-bond acceptors (Lipinski definition) is 7. The van der Waals surface area contributed by atoms with Crippen molar-refractivity contribution in [2.24, 2.45) is 0 Å². The molecule has 50 heavy (non-hydrogen) atoms. The lowest BCUT2D eigenvalue weighted by Crippen LogP contribution is -2.66. The first-order valence-corrected chi connectivity index (χ1v) is 18.1. The predicted molar refractivity (Wildman–Crippen MR) is 189 cm³/mol. The fourth-order valence-electron chi connectivity index (χ4n) is 6.60. The van der Waals surface area contributed by atoms with E-state index >= 15 is 0 Å². The van der Waals surface area contributed by atoms with Crippen molar-refractivity contribution in [3.8, 4) is 0 Å². The summed E-state index contributed by atoms with van der Waals surface area (Å²) in [7, 11) is 0. The van der Waals surface area contributed by atoms with E-state index in [1.807, 2.05) is 48.5 Å². The van der Waals surface area contributed by atoms with E-state index in [0.29, 0.717) is 32.2 Å². The summed E-state index contributed by atoms with van der Waals surface area (Å²) >= 11 is 0. The van der Waals surface area contributed by atoms with Gasteiger partial charge in [0.05, 0.1) is 0 Å². The van der Waals surface area contributed by atoms with Crippen LogP contribution in [-0.2, 0) is 41.6 Å². The number of nitrogens with zero attached hydrogens (tertiary/aromatic N) is 2. The SMILES string of the molecule is CCCCCC1C(=O)N2CCC[C@H]2C(=O)N1[C@H](CCc1ccccc1)C(=O)O.CCCCC[C@H](NCCCc1ccccc1)C(=O)O.O=C=O. The van der Waals surface area contributed by atoms with E-state index in [1.165, 1.54) is 10.5 Å². The quantitative estimate of drug-likeness (QED) is 0.161. The van der Waals surface area contributed by atoms with Gasteiger partial charge in [0.15, 0.2) is 0 Å². The molecule has 0 spiro atoms. The summed E-state index contributed by atoms with van der Waals surface area (Å²) in [5, 5.41) is 22.2. The van der Waals surface area contributed by atoms with Gasteiger partial charge >= 0.3 is 18.1 Å². The number of amides is 2. The van der Waals surface area contributed by atoms with Gasteiger partial charge < -0.3 is 25.3 Å². The summed E-state index contributed by atoms with van der Waals surface area (Å²) in [5.74, 6) is -2.00. The van der Waals surface area contributed by atoms with Crippen LogP contribution in [0.1, 0.15) is 102 Å². The molecule has 0 saturated carbocycles. The molecule has 11 heteroatoms. The van der Waals surface area contributed by atoms with Crippen molar-refractivity contribution in [1.82, 2.24) is 15.1 Å². The molecular weight excluding hydrogens is 638 g/mol. The summed E-state index contributed by atoms with van der Waals surface area (Å²) in [4.78, 5) is 68.9. The Kier molecular flexibility index (Phi) is 20.0. The standard InChI is InChI=1S/C22H30N2O4.C16H25NO2.CO2/c1-2-3-5-11-18-20(25)23-15-8-12-17(23)21(26)24(18)19(22(27)28)14-13-16-9-6-4-7-10-16;1-2-3-5-12-15(16(18)19)17-13-8-11-14-9-6-4-7-10-14;2-1-3/h4,6-7,9-10,17-19H,2-3,5,8,11-15H2,1H3,(H,27,28);4,6-7,9-10,15,17H,2-3,5,8,11-13H2,1H3,(H,18,19);/t17-,18?,19+;15-;/m00./s1. The normalized spacial score (nSPS) is 17.7. The number of hydrogen-bond donors (Lipinski definition) is 3. The number of aliphatic carboxylic acids is 2. The number of nitrogens with one attached hydrogen (secondary N) is 1. The molecule has 2 saturated heterocycles. The molecule has 4 atom stereocenters. The van der Waals surface area contributed by atoms with Gasteiger partial charge in [0, 0.05) is 6.54 Å². The molecule has 2 aromatic rings. The third-order valence-corrected chi connectivity index (χ3v) is 9.22. The van der Waals surface area contributed by atoms with E-state index in [-0.39, 0.29) is 24.0 Å². The first-order chi connectivity index (χ1) is 24.2. The number of piperazine rings is 1. The van der Waals surface area contributed by atoms with Gasteiger partial charge in [-0.1, -0.05) is 113 Å². The van der Waals surface area contributed by atoms with Crippen LogP contribution < -0.4 is 5.32 Å². The zero-order valence-corrected chi connectivity index (χ0v) is 29.6. The summed E-state index contributed by atoms with van der Waals surface area (Å²) in [5.41, 5.74) is 2.34. The van der Waals surface area contributed by atoms with Crippen molar-refractivity contribution in [2.75, 3.05) is 13.1 Å². The number of aryl methyl sites for hydroxylation is 2. The van der Waals surface area contributed by atoms with Crippen molar-refractivity contribution in [3.63, 3.8) is 0 Å². The third-order valence-electron chi connectivity index (χ3n) is 9.22. The highest BCUT2D eigenvalue weighted by Crippen LogP contribution is 2.31. The molecular formula is C39H55N3O8. The Morgan fingerprint density at radius 2 is 1.38 bits per heavy atom. The fraction of sp³-hybridized carbons (Fsp3) is 0.564. The Bertz CT molecular complexity index is 1330. The van der Waals surface area contributed by atoms with Crippen molar-refractivity contribution in [3.05, 3.63) is 71.8 Å². The van der Waals surface area contributed by atoms with Crippen molar-refractivity contribution in [2.45, 2.75) is 128 Å². The average molecular weight is 694 g/mol. The Morgan fingerprint density at radius 3 is 1.94 bits per heavy atom. The van der Waals surface area contributed by atoms with Crippen LogP contribution in [0.5, 0.6) is 0 Å². The number of carbonyl (C=O) groups is 4. The summed E-state index contributed by atoms with van der Waals surface area (Å²) < 4.78 is 0. The van der Waals surface area contributed by atoms with Crippen LogP contribution in [0.3, 0.4) is 0 Å². The maximum atomic E-state index is 13.2. The van der Waals surface area contributed by atoms with Crippen LogP contribution in [0, 0.1) is 0 Å². The smallest absolute Gasteiger partial charge is 0.373 e. The van der Waals surface area contributed by atoms with Gasteiger partial charge in [-0.15, -0.1) is 0 Å². The fourth-order valence-corrected chi connectivity index (χ4v) is 6.60. The molecule has 2 fully saturated rings. The van der Waals surface area contributed by atoms with Crippen molar-refractivity contribution in [1.29, 1.82) is 0 Å². The highest BCUT2D eigenvalue weighted by molar-refractivity contribution is 5.99. The number of unbranched alkanes of at least 4 members (excludes halogenated alkanes) is 4. The van der Waals surface area contributed by atoms with Gasteiger partial charge in [0.2, 0.25) is 11.8 Å². The van der Waals surface area contributed by atoms with E-state index < -0.39 is 30.1 Å². The van der Waals surface area contributed by atoms with Gasteiger partial charge in [0.1, 0.15) is 24.2 Å². The van der Waals surface area contributed by atoms with E-state index in [1.54, 1.807) is 4.90 Å². The minimum Gasteiger partial charge on any atom is -0.480 e. The maximum absolute atomic E-state index is 13.2. The molecule has 2 aliphatic rings. The molecule has 3 N–H and O–H groups in total. The van der Waals surface area contributed by atoms with Crippen LogP contribution >= 0.6 is 0 Å². The number of carboxylic acids is 2. The van der Waals surface area contributed by atoms with Gasteiger partial charge in [-0.2, -0.15) is 9.59 Å². The number of rotatable bonds is 19. The van der Waals surface area contributed by atoms with Crippen LogP contribution in [0.4, 0.5) is 0 Å². The lowest BCUT2D eigenvalue weighted by molar-refractivity contribution is -0.191. The largest absolute Gasteiger partial charge is 0.480 e. The second kappa shape index (κ2) is 23.9. The number of carboxylic acid groups (broad SMARTS) is 2. The van der Waals surface area contributed by atoms with Gasteiger partial charge in [-0.25, -0.2) is 4.79 Å². The molecule has 2 aliphatic heterocycles. The number of fused-ring (bicyclic) bond motifs is 1. The lowest BCUT2D eigenvalue weighted by atomic mass is 9.95. The Labute approximate surface area is 296 Å². The highest BCUT2D eigenvalue weighted by atomic mass is 16.4. The van der Waals surface area contributed by atoms with E-state index in [2.05, 4.69) is 31.3 Å². The van der Waals surface area contributed by atoms with Crippen LogP contribution in [-0.4, -0.2) is 87.2 Å². The van der Waals surface area contributed by atoms with Gasteiger partial charge in [-0.3, -0.25) is 14.4 Å². The molecule has 4 rings (SSSR count). The Morgan fingerprint density at radius 1 is 0.800 bits per heavy atom. The van der Waals surface area contributed by atoms with Crippen LogP contribution in [0.15, 0.2) is 60.7 Å². The van der Waals surface area contributed by atoms with E-state index in [0.717, 1.165) is 76.3 Å². The molecule has 0 radical (unpaired) electrons. The minimum absolute atomic E-state index is 0.0656. The molecule has 2 amide bonds. The number of carbonyl (C=O) groups excluding carboxylic acids is 4. The molecule has 0 aromatic heterocycles. The second-order valence-corrected chi connectivity index (χ2v) is 12.8. The van der Waals surface area contributed by atoms with E-state index in [9.17, 15) is 24.3 Å². The van der Waals surface area contributed by atoms with Crippen LogP contribution in [0.25, 0.3) is 0 Å². The zero-order chi connectivity index (χ0) is 36.7. The monoisotopic (exact) mass is 693 g/mol. The molecule has 11 nitrogen and oxygen atoms in total. The summed E-state index contributed by atoms with van der Waals surface area (Å²) in [6.07, 6.45) is 11.8. The zero-order valence-electron chi connectivity index (χ0n) is 29.6. The first kappa shape index (κ1) is 41.8. The van der Waals surface area contributed by atoms with Crippen molar-refractivity contribution < 1.29 is 39.0 Å². The number of benzene rings is 2. The second-order valence-electron chi connectivity index (χ2n) is 12.8. The lowest BCUT2D eigenvalue weighted by Gasteiger charge is -2.45. The summed E-state index contributed by atoms with van der Waals surface area (Å²) in [6.45, 7) is 5.58. The third kappa shape index (κ3) is 13.9. The average Bonchev–Trinajstić information content (AvgIpc) is 3.61. The van der Waals surface area contributed by atoms with Gasteiger partial charge in [-0.05, 0) is 69.0 Å². The van der Waals surface area contributed by atoms with Crippen molar-refractivity contribution >= 4 is 29.9 Å². The summed E-state index contributed by atoms with van der Waals surface area (Å²) in [6, 6.07) is 17.5. The molecule has 2 aromatic carbocycles. The predicted octanol–water partition coefficient (Wildman–Crippen LogP) is 5.51. The molecule has 0 bridgehead atoms. The molecule has 274 valence electrons. The van der Waals surface area contributed by atoms with E-state index in [4.69, 9.17) is 14.7 Å². The van der Waals surface area contributed by atoms with Gasteiger partial charge in [0.25, 0.3) is 0 Å². The highest BCUT2D eigenvalue weighted by Gasteiger charge is 2.50. The Hall–Kier alpha value is -4.34. The first-order valence-electron chi connectivity index (χ1n) is 18.1. The topological polar surface area (TPSA) is 161 Å².